The van der Waals surface area contributed by atoms with Crippen LogP contribution in [0.3, 0.4) is 0 Å². The van der Waals surface area contributed by atoms with E-state index in [-0.39, 0.29) is 18.3 Å². The summed E-state index contributed by atoms with van der Waals surface area (Å²) in [5.41, 5.74) is 1.57. The van der Waals surface area contributed by atoms with E-state index in [0.29, 0.717) is 47.4 Å². The molecule has 188 valence electrons. The maximum atomic E-state index is 14.2. The number of nitrogens with two attached hydrogens (primary N) is 1. The Morgan fingerprint density at radius 1 is 1.17 bits per heavy atom. The van der Waals surface area contributed by atoms with Crippen LogP contribution < -0.4 is 16.5 Å². The lowest BCUT2D eigenvalue weighted by Crippen LogP contribution is -2.38. The molecule has 0 atom stereocenters. The summed E-state index contributed by atoms with van der Waals surface area (Å²) in [6, 6.07) is 7.40. The van der Waals surface area contributed by atoms with Gasteiger partial charge in [0.05, 0.1) is 6.26 Å². The lowest BCUT2D eigenvalue weighted by Gasteiger charge is -2.32. The smallest absolute Gasteiger partial charge is 0.345 e. The third-order valence-corrected chi connectivity index (χ3v) is 7.13. The lowest BCUT2D eigenvalue weighted by atomic mass is 9.89. The van der Waals surface area contributed by atoms with Gasteiger partial charge in [-0.05, 0) is 55.6 Å². The number of likely N-dealkylation sites (tertiary alicyclic amines) is 1. The van der Waals surface area contributed by atoms with E-state index < -0.39 is 11.6 Å². The molecule has 4 aromatic rings. The van der Waals surface area contributed by atoms with E-state index in [1.54, 1.807) is 34.5 Å². The normalized spacial score (nSPS) is 17.1. The molecular weight excluding hydrogens is 470 g/mol. The highest BCUT2D eigenvalue weighted by atomic mass is 19.1. The van der Waals surface area contributed by atoms with Gasteiger partial charge in [0, 0.05) is 26.2 Å². The first-order valence-corrected chi connectivity index (χ1v) is 11.9. The highest BCUT2D eigenvalue weighted by Crippen LogP contribution is 2.30. The number of fused-ring (bicyclic) bond motifs is 3. The van der Waals surface area contributed by atoms with Crippen molar-refractivity contribution in [1.29, 1.82) is 0 Å². The summed E-state index contributed by atoms with van der Waals surface area (Å²) in [6.45, 7) is 2.82. The largest absolute Gasteiger partial charge is 0.463 e. The van der Waals surface area contributed by atoms with Gasteiger partial charge in [-0.15, -0.1) is 0 Å². The first-order chi connectivity index (χ1) is 17.4. The first-order valence-electron chi connectivity index (χ1n) is 11.9. The van der Waals surface area contributed by atoms with Crippen LogP contribution in [-0.2, 0) is 13.6 Å². The fourth-order valence-corrected chi connectivity index (χ4v) is 5.23. The van der Waals surface area contributed by atoms with Crippen molar-refractivity contribution in [3.63, 3.8) is 0 Å². The number of anilines is 1. The van der Waals surface area contributed by atoms with Gasteiger partial charge < -0.3 is 9.32 Å². The van der Waals surface area contributed by atoms with Crippen molar-refractivity contribution >= 4 is 17.3 Å². The van der Waals surface area contributed by atoms with Crippen LogP contribution in [0, 0.1) is 11.6 Å². The predicted octanol–water partition coefficient (Wildman–Crippen LogP) is 2.07. The number of aliphatic imine (C=N–C) groups is 1. The predicted molar refractivity (Wildman–Crippen MR) is 129 cm³/mol. The monoisotopic (exact) mass is 496 g/mol. The number of hydrogen-bond donors (Lipinski definition) is 1. The van der Waals surface area contributed by atoms with E-state index in [2.05, 4.69) is 9.89 Å². The molecule has 2 N–H and O–H groups in total. The summed E-state index contributed by atoms with van der Waals surface area (Å²) in [5, 5.41) is 1.45. The molecule has 12 heteroatoms. The summed E-state index contributed by atoms with van der Waals surface area (Å²) in [4.78, 5) is 24.6. The van der Waals surface area contributed by atoms with Gasteiger partial charge in [0.15, 0.2) is 11.6 Å². The van der Waals surface area contributed by atoms with Crippen molar-refractivity contribution in [1.82, 2.24) is 23.6 Å². The number of benzene rings is 1. The summed E-state index contributed by atoms with van der Waals surface area (Å²) in [7, 11) is 1.69. The van der Waals surface area contributed by atoms with Gasteiger partial charge in [0.25, 0.3) is 0 Å². The average molecular weight is 497 g/mol. The molecule has 0 unspecified atom stereocenters. The Bertz CT molecular complexity index is 1510. The molecule has 5 heterocycles. The fourth-order valence-electron chi connectivity index (χ4n) is 5.23. The second-order valence-electron chi connectivity index (χ2n) is 9.23. The molecule has 0 amide bonds. The molecule has 10 nitrogen and oxygen atoms in total. The van der Waals surface area contributed by atoms with Crippen LogP contribution >= 0.6 is 0 Å². The maximum absolute atomic E-state index is 14.2. The first kappa shape index (κ1) is 22.7. The number of aryl methyl sites for hydroxylation is 1. The molecule has 1 aromatic carbocycles. The van der Waals surface area contributed by atoms with Crippen molar-refractivity contribution < 1.29 is 13.2 Å². The second-order valence-corrected chi connectivity index (χ2v) is 9.23. The molecule has 6 rings (SSSR count). The number of rotatable bonds is 5. The third kappa shape index (κ3) is 3.64. The van der Waals surface area contributed by atoms with Gasteiger partial charge in [0.2, 0.25) is 5.78 Å². The van der Waals surface area contributed by atoms with Crippen LogP contribution in [0.1, 0.15) is 35.8 Å². The van der Waals surface area contributed by atoms with Gasteiger partial charge in [-0.25, -0.2) is 28.6 Å². The molecule has 2 aliphatic heterocycles. The third-order valence-electron chi connectivity index (χ3n) is 7.13. The van der Waals surface area contributed by atoms with E-state index in [4.69, 9.17) is 15.2 Å². The van der Waals surface area contributed by atoms with Gasteiger partial charge in [0.1, 0.15) is 29.7 Å². The minimum Gasteiger partial charge on any atom is -0.463 e. The highest BCUT2D eigenvalue weighted by molar-refractivity contribution is 6.14. The molecule has 0 bridgehead atoms. The van der Waals surface area contributed by atoms with Crippen molar-refractivity contribution in [2.45, 2.75) is 25.3 Å². The molecule has 1 saturated heterocycles. The summed E-state index contributed by atoms with van der Waals surface area (Å²) in [6.07, 6.45) is 3.11. The number of hydrogen-bond acceptors (Lipinski definition) is 7. The van der Waals surface area contributed by atoms with Crippen molar-refractivity contribution in [3.8, 4) is 0 Å². The van der Waals surface area contributed by atoms with Crippen LogP contribution in [0.15, 0.2) is 50.8 Å². The quantitative estimate of drug-likeness (QED) is 0.425. The van der Waals surface area contributed by atoms with Crippen molar-refractivity contribution in [3.05, 3.63) is 75.7 Å². The number of piperidine rings is 1. The van der Waals surface area contributed by atoms with Crippen molar-refractivity contribution in [2.24, 2.45) is 17.9 Å². The Balaban J connectivity index is 1.23. The number of furan rings is 1. The SMILES string of the molecule is Cn1c(=O)n(CCN2CCC(c3ccc(F)cc3F)CC2)c2nc3c(n21)C(c1ccco1)=NCN3N. The van der Waals surface area contributed by atoms with Crippen LogP contribution in [-0.4, -0.2) is 55.7 Å². The second kappa shape index (κ2) is 8.71. The topological polar surface area (TPSA) is 102 Å². The highest BCUT2D eigenvalue weighted by Gasteiger charge is 2.31. The van der Waals surface area contributed by atoms with E-state index in [1.165, 1.54) is 15.8 Å². The van der Waals surface area contributed by atoms with Crippen LogP contribution in [0.5, 0.6) is 0 Å². The zero-order valence-electron chi connectivity index (χ0n) is 19.8. The molecule has 0 radical (unpaired) electrons. The molecule has 0 saturated carbocycles. The summed E-state index contributed by atoms with van der Waals surface area (Å²) < 4.78 is 37.9. The standard InChI is InChI=1S/C24H26F2N8O2/c1-30-24(35)32(11-10-31-8-6-15(7-9-31)17-5-4-16(25)13-18(17)26)23-29-22-21(34(23)30)20(28-14-33(22)27)19-3-2-12-36-19/h2-5,12-13,15H,6-11,14,27H2,1H3. The minimum atomic E-state index is -0.561. The molecule has 0 spiro atoms. The lowest BCUT2D eigenvalue weighted by molar-refractivity contribution is 0.203. The average Bonchev–Trinajstić information content (AvgIpc) is 3.58. The van der Waals surface area contributed by atoms with Gasteiger partial charge in [-0.1, -0.05) is 6.07 Å². The molecule has 0 aliphatic carbocycles. The number of nitrogens with zero attached hydrogens (tertiary/aromatic N) is 7. The van der Waals surface area contributed by atoms with E-state index >= 15 is 0 Å². The van der Waals surface area contributed by atoms with Gasteiger partial charge in [-0.2, -0.15) is 4.98 Å². The van der Waals surface area contributed by atoms with E-state index in [9.17, 15) is 13.6 Å². The molecule has 1 fully saturated rings. The van der Waals surface area contributed by atoms with Crippen molar-refractivity contribution in [2.75, 3.05) is 31.3 Å². The zero-order chi connectivity index (χ0) is 25.0. The number of aromatic nitrogens is 4. The maximum Gasteiger partial charge on any atom is 0.345 e. The van der Waals surface area contributed by atoms with Gasteiger partial charge in [-0.3, -0.25) is 14.6 Å². The Hall–Kier alpha value is -3.77. The van der Waals surface area contributed by atoms with Crippen LogP contribution in [0.25, 0.3) is 5.78 Å². The minimum absolute atomic E-state index is 0.0573. The van der Waals surface area contributed by atoms with E-state index in [1.807, 2.05) is 6.07 Å². The fraction of sp³-hybridized carbons (Fsp3) is 0.375. The Morgan fingerprint density at radius 3 is 2.69 bits per heavy atom. The summed E-state index contributed by atoms with van der Waals surface area (Å²) >= 11 is 0. The number of imidazole rings is 1. The van der Waals surface area contributed by atoms with Gasteiger partial charge >= 0.3 is 5.69 Å². The Morgan fingerprint density at radius 2 is 1.97 bits per heavy atom. The Labute approximate surface area is 204 Å². The molecule has 3 aromatic heterocycles. The van der Waals surface area contributed by atoms with Crippen LogP contribution in [0.4, 0.5) is 14.6 Å². The molecule has 36 heavy (non-hydrogen) atoms. The Kier molecular flexibility index (Phi) is 5.49. The number of halogens is 2. The summed E-state index contributed by atoms with van der Waals surface area (Å²) in [5.74, 6) is 6.75. The molecule has 2 aliphatic rings. The number of hydrazine groups is 1. The molecular formula is C24H26F2N8O2. The van der Waals surface area contributed by atoms with E-state index in [0.717, 1.165) is 32.0 Å². The van der Waals surface area contributed by atoms with Crippen LogP contribution in [0.2, 0.25) is 0 Å². The zero-order valence-corrected chi connectivity index (χ0v) is 19.8.